The molecule has 0 spiro atoms. The lowest BCUT2D eigenvalue weighted by Gasteiger charge is -1.96. The molecule has 1 saturated carbocycles. The zero-order valence-electron chi connectivity index (χ0n) is 8.03. The van der Waals surface area contributed by atoms with Gasteiger partial charge in [0.25, 0.3) is 0 Å². The minimum atomic E-state index is -0.933. The van der Waals surface area contributed by atoms with Gasteiger partial charge in [-0.3, -0.25) is 4.68 Å². The summed E-state index contributed by atoms with van der Waals surface area (Å²) in [4.78, 5) is 10.7. The van der Waals surface area contributed by atoms with Gasteiger partial charge in [-0.15, -0.1) is 0 Å². The van der Waals surface area contributed by atoms with Crippen LogP contribution in [0.15, 0.2) is 6.07 Å². The van der Waals surface area contributed by atoms with Gasteiger partial charge in [0, 0.05) is 19.6 Å². The molecule has 0 saturated heterocycles. The predicted molar refractivity (Wildman–Crippen MR) is 50.0 cm³/mol. The van der Waals surface area contributed by atoms with E-state index in [1.165, 1.54) is 17.5 Å². The van der Waals surface area contributed by atoms with Crippen LogP contribution in [0, 0.1) is 0 Å². The molecule has 0 unspecified atom stereocenters. The number of aromatic carboxylic acids is 1. The summed E-state index contributed by atoms with van der Waals surface area (Å²) in [6, 6.07) is 2.22. The van der Waals surface area contributed by atoms with E-state index in [9.17, 15) is 4.79 Å². The van der Waals surface area contributed by atoms with Crippen LogP contribution in [0.1, 0.15) is 29.0 Å². The summed E-state index contributed by atoms with van der Waals surface area (Å²) in [5.41, 5.74) is 1.02. The lowest BCUT2D eigenvalue weighted by molar-refractivity contribution is 0.0685. The lowest BCUT2D eigenvalue weighted by Crippen LogP contribution is -2.15. The molecule has 0 radical (unpaired) electrons. The van der Waals surface area contributed by atoms with Gasteiger partial charge in [0.15, 0.2) is 0 Å². The summed E-state index contributed by atoms with van der Waals surface area (Å²) < 4.78 is 1.40. The molecule has 0 aliphatic heterocycles. The predicted octanol–water partition coefficient (Wildman–Crippen LogP) is 0.370. The smallest absolute Gasteiger partial charge is 0.354 e. The summed E-state index contributed by atoms with van der Waals surface area (Å²) in [6.45, 7) is 0.659. The topological polar surface area (TPSA) is 67.2 Å². The van der Waals surface area contributed by atoms with Crippen LogP contribution in [0.5, 0.6) is 0 Å². The third-order valence-electron chi connectivity index (χ3n) is 2.30. The van der Waals surface area contributed by atoms with Crippen LogP contribution in [0.3, 0.4) is 0 Å². The molecule has 1 aromatic heterocycles. The van der Waals surface area contributed by atoms with E-state index in [1.54, 1.807) is 13.1 Å². The normalized spacial score (nSPS) is 15.8. The van der Waals surface area contributed by atoms with Gasteiger partial charge in [-0.1, -0.05) is 0 Å². The van der Waals surface area contributed by atoms with E-state index in [2.05, 4.69) is 10.4 Å². The van der Waals surface area contributed by atoms with Crippen LogP contribution >= 0.6 is 0 Å². The second kappa shape index (κ2) is 3.42. The quantitative estimate of drug-likeness (QED) is 0.728. The Bertz CT molecular complexity index is 355. The molecular formula is C9H13N3O2. The molecule has 1 aromatic rings. The van der Waals surface area contributed by atoms with Crippen LogP contribution in [0.4, 0.5) is 0 Å². The minimum absolute atomic E-state index is 0.234. The molecule has 5 nitrogen and oxygen atoms in total. The average molecular weight is 195 g/mol. The number of rotatable bonds is 4. The SMILES string of the molecule is Cn1nc(CNC2CC2)cc1C(=O)O. The van der Waals surface area contributed by atoms with E-state index < -0.39 is 5.97 Å². The summed E-state index contributed by atoms with van der Waals surface area (Å²) >= 11 is 0. The average Bonchev–Trinajstić information content (AvgIpc) is 2.86. The number of nitrogens with zero attached hydrogens (tertiary/aromatic N) is 2. The largest absolute Gasteiger partial charge is 0.477 e. The summed E-state index contributed by atoms with van der Waals surface area (Å²) in [7, 11) is 1.64. The third kappa shape index (κ3) is 1.93. The Kier molecular flexibility index (Phi) is 2.25. The Morgan fingerprint density at radius 1 is 1.79 bits per heavy atom. The van der Waals surface area contributed by atoms with Gasteiger partial charge in [-0.05, 0) is 18.9 Å². The Hall–Kier alpha value is -1.36. The molecule has 1 heterocycles. The fourth-order valence-electron chi connectivity index (χ4n) is 1.35. The van der Waals surface area contributed by atoms with Gasteiger partial charge in [-0.25, -0.2) is 4.79 Å². The van der Waals surface area contributed by atoms with E-state index in [-0.39, 0.29) is 5.69 Å². The standard InChI is InChI=1S/C9H13N3O2/c1-12-8(9(13)14)4-7(11-12)5-10-6-2-3-6/h4,6,10H,2-3,5H2,1H3,(H,13,14). The van der Waals surface area contributed by atoms with Crippen LogP contribution in [-0.4, -0.2) is 26.9 Å². The zero-order valence-corrected chi connectivity index (χ0v) is 8.03. The molecule has 1 aliphatic carbocycles. The Labute approximate surface area is 81.7 Å². The maximum atomic E-state index is 10.7. The Morgan fingerprint density at radius 3 is 3.00 bits per heavy atom. The number of hydrogen-bond donors (Lipinski definition) is 2. The van der Waals surface area contributed by atoms with Crippen molar-refractivity contribution in [3.63, 3.8) is 0 Å². The highest BCUT2D eigenvalue weighted by Gasteiger charge is 2.21. The molecule has 0 atom stereocenters. The fraction of sp³-hybridized carbons (Fsp3) is 0.556. The molecule has 1 fully saturated rings. The molecule has 14 heavy (non-hydrogen) atoms. The van der Waals surface area contributed by atoms with Crippen LogP contribution < -0.4 is 5.32 Å². The number of aryl methyl sites for hydroxylation is 1. The van der Waals surface area contributed by atoms with Crippen LogP contribution in [0.2, 0.25) is 0 Å². The number of carboxylic acid groups (broad SMARTS) is 1. The zero-order chi connectivity index (χ0) is 10.1. The van der Waals surface area contributed by atoms with Crippen LogP contribution in [-0.2, 0) is 13.6 Å². The number of hydrogen-bond acceptors (Lipinski definition) is 3. The Balaban J connectivity index is 2.02. The van der Waals surface area contributed by atoms with E-state index in [0.717, 1.165) is 5.69 Å². The third-order valence-corrected chi connectivity index (χ3v) is 2.30. The first-order chi connectivity index (χ1) is 6.66. The minimum Gasteiger partial charge on any atom is -0.477 e. The van der Waals surface area contributed by atoms with Crippen LogP contribution in [0.25, 0.3) is 0 Å². The van der Waals surface area contributed by atoms with Crippen molar-refractivity contribution in [2.75, 3.05) is 0 Å². The highest BCUT2D eigenvalue weighted by Crippen LogP contribution is 2.19. The van der Waals surface area contributed by atoms with Gasteiger partial charge in [0.1, 0.15) is 5.69 Å². The molecule has 76 valence electrons. The maximum Gasteiger partial charge on any atom is 0.354 e. The lowest BCUT2D eigenvalue weighted by atomic mass is 10.3. The number of carbonyl (C=O) groups is 1. The van der Waals surface area contributed by atoms with Gasteiger partial charge in [-0.2, -0.15) is 5.10 Å². The molecular weight excluding hydrogens is 182 g/mol. The van der Waals surface area contributed by atoms with Crippen molar-refractivity contribution in [2.24, 2.45) is 7.05 Å². The monoisotopic (exact) mass is 195 g/mol. The summed E-state index contributed by atoms with van der Waals surface area (Å²) in [6.07, 6.45) is 2.44. The van der Waals surface area contributed by atoms with Gasteiger partial charge in [0.2, 0.25) is 0 Å². The van der Waals surface area contributed by atoms with E-state index in [1.807, 2.05) is 0 Å². The van der Waals surface area contributed by atoms with Gasteiger partial charge >= 0.3 is 5.97 Å². The van der Waals surface area contributed by atoms with Gasteiger partial charge < -0.3 is 10.4 Å². The van der Waals surface area contributed by atoms with Crippen molar-refractivity contribution in [3.05, 3.63) is 17.5 Å². The molecule has 2 N–H and O–H groups in total. The van der Waals surface area contributed by atoms with E-state index >= 15 is 0 Å². The molecule has 1 aliphatic rings. The van der Waals surface area contributed by atoms with Crippen molar-refractivity contribution in [1.82, 2.24) is 15.1 Å². The van der Waals surface area contributed by atoms with Crippen molar-refractivity contribution < 1.29 is 9.90 Å². The second-order valence-electron chi connectivity index (χ2n) is 3.60. The van der Waals surface area contributed by atoms with Gasteiger partial charge in [0.05, 0.1) is 5.69 Å². The van der Waals surface area contributed by atoms with E-state index in [0.29, 0.717) is 12.6 Å². The number of carboxylic acids is 1. The first-order valence-electron chi connectivity index (χ1n) is 4.66. The van der Waals surface area contributed by atoms with Crippen molar-refractivity contribution in [1.29, 1.82) is 0 Å². The molecule has 5 heteroatoms. The van der Waals surface area contributed by atoms with Crippen molar-refractivity contribution in [3.8, 4) is 0 Å². The highest BCUT2D eigenvalue weighted by atomic mass is 16.4. The first-order valence-corrected chi connectivity index (χ1v) is 4.66. The summed E-state index contributed by atoms with van der Waals surface area (Å²) in [5, 5.41) is 16.2. The molecule has 2 rings (SSSR count). The molecule has 0 amide bonds. The van der Waals surface area contributed by atoms with Crippen molar-refractivity contribution in [2.45, 2.75) is 25.4 Å². The Morgan fingerprint density at radius 2 is 2.50 bits per heavy atom. The molecule has 0 aromatic carbocycles. The fourth-order valence-corrected chi connectivity index (χ4v) is 1.35. The van der Waals surface area contributed by atoms with Crippen molar-refractivity contribution >= 4 is 5.97 Å². The number of aromatic nitrogens is 2. The summed E-state index contributed by atoms with van der Waals surface area (Å²) in [5.74, 6) is -0.933. The first kappa shape index (κ1) is 9.21. The maximum absolute atomic E-state index is 10.7. The second-order valence-corrected chi connectivity index (χ2v) is 3.60. The molecule has 0 bridgehead atoms. The number of nitrogens with one attached hydrogen (secondary N) is 1. The highest BCUT2D eigenvalue weighted by molar-refractivity contribution is 5.85. The van der Waals surface area contributed by atoms with E-state index in [4.69, 9.17) is 5.11 Å².